The lowest BCUT2D eigenvalue weighted by atomic mass is 10.1. The van der Waals surface area contributed by atoms with E-state index in [4.69, 9.17) is 10.5 Å². The summed E-state index contributed by atoms with van der Waals surface area (Å²) in [6.07, 6.45) is 2.70. The standard InChI is InChI=1S/C11H21BrN4O/c1-15(2)5-4-10(13)11-9(12)8-14-16(11)6-7-17-3/h8,10H,4-7,13H2,1-3H3. The van der Waals surface area contributed by atoms with Crippen molar-refractivity contribution in [3.8, 4) is 0 Å². The maximum atomic E-state index is 6.20. The van der Waals surface area contributed by atoms with E-state index in [2.05, 4.69) is 25.9 Å². The minimum absolute atomic E-state index is 0.00821. The topological polar surface area (TPSA) is 56.3 Å². The van der Waals surface area contributed by atoms with Crippen LogP contribution in [0.4, 0.5) is 0 Å². The van der Waals surface area contributed by atoms with E-state index in [0.717, 1.165) is 29.7 Å². The fourth-order valence-electron chi connectivity index (χ4n) is 1.63. The predicted octanol–water partition coefficient (Wildman–Crippen LogP) is 1.24. The molecule has 0 radical (unpaired) electrons. The molecule has 5 nitrogen and oxygen atoms in total. The van der Waals surface area contributed by atoms with Gasteiger partial charge in [0.15, 0.2) is 0 Å². The first kappa shape index (κ1) is 14.6. The van der Waals surface area contributed by atoms with E-state index in [0.29, 0.717) is 6.61 Å². The van der Waals surface area contributed by atoms with Crippen molar-refractivity contribution >= 4 is 15.9 Å². The molecule has 0 spiro atoms. The Morgan fingerprint density at radius 1 is 1.59 bits per heavy atom. The molecule has 0 aliphatic heterocycles. The molecular weight excluding hydrogens is 284 g/mol. The number of aromatic nitrogens is 2. The van der Waals surface area contributed by atoms with Crippen LogP contribution in [0.15, 0.2) is 10.7 Å². The van der Waals surface area contributed by atoms with Crippen molar-refractivity contribution in [3.63, 3.8) is 0 Å². The number of hydrogen-bond donors (Lipinski definition) is 1. The number of rotatable bonds is 7. The largest absolute Gasteiger partial charge is 0.383 e. The molecule has 2 N–H and O–H groups in total. The SMILES string of the molecule is COCCn1ncc(Br)c1C(N)CCN(C)C. The summed E-state index contributed by atoms with van der Waals surface area (Å²) >= 11 is 3.50. The summed E-state index contributed by atoms with van der Waals surface area (Å²) in [5, 5.41) is 4.30. The maximum Gasteiger partial charge on any atom is 0.0694 e. The van der Waals surface area contributed by atoms with Crippen LogP contribution in [0.3, 0.4) is 0 Å². The van der Waals surface area contributed by atoms with Crippen LogP contribution in [-0.4, -0.2) is 49.0 Å². The highest BCUT2D eigenvalue weighted by atomic mass is 79.9. The average Bonchev–Trinajstić information content (AvgIpc) is 2.64. The summed E-state index contributed by atoms with van der Waals surface area (Å²) in [5.74, 6) is 0. The lowest BCUT2D eigenvalue weighted by Crippen LogP contribution is -2.23. The monoisotopic (exact) mass is 304 g/mol. The Morgan fingerprint density at radius 2 is 2.29 bits per heavy atom. The Morgan fingerprint density at radius 3 is 2.88 bits per heavy atom. The fraction of sp³-hybridized carbons (Fsp3) is 0.727. The normalized spacial score (nSPS) is 13.3. The summed E-state index contributed by atoms with van der Waals surface area (Å²) in [5.41, 5.74) is 7.25. The second-order valence-corrected chi connectivity index (χ2v) is 5.15. The molecule has 0 saturated heterocycles. The van der Waals surface area contributed by atoms with E-state index < -0.39 is 0 Å². The Hall–Kier alpha value is -0.430. The molecule has 1 atom stereocenters. The van der Waals surface area contributed by atoms with Crippen LogP contribution < -0.4 is 5.73 Å². The quantitative estimate of drug-likeness (QED) is 0.823. The van der Waals surface area contributed by atoms with E-state index >= 15 is 0 Å². The van der Waals surface area contributed by atoms with Gasteiger partial charge in [0.25, 0.3) is 0 Å². The Bertz CT molecular complexity index is 340. The molecular formula is C11H21BrN4O. The van der Waals surface area contributed by atoms with Gasteiger partial charge in [0.2, 0.25) is 0 Å². The summed E-state index contributed by atoms with van der Waals surface area (Å²) in [7, 11) is 5.78. The number of nitrogens with zero attached hydrogens (tertiary/aromatic N) is 3. The van der Waals surface area contributed by atoms with Crippen LogP contribution in [0, 0.1) is 0 Å². The van der Waals surface area contributed by atoms with Gasteiger partial charge < -0.3 is 15.4 Å². The second-order valence-electron chi connectivity index (χ2n) is 4.29. The number of nitrogens with two attached hydrogens (primary N) is 1. The molecule has 1 aromatic heterocycles. The molecule has 0 amide bonds. The second kappa shape index (κ2) is 7.10. The summed E-state index contributed by atoms with van der Waals surface area (Å²) < 4.78 is 7.95. The van der Waals surface area contributed by atoms with Crippen molar-refractivity contribution < 1.29 is 4.74 Å². The van der Waals surface area contributed by atoms with Gasteiger partial charge in [-0.25, -0.2) is 0 Å². The van der Waals surface area contributed by atoms with Crippen LogP contribution in [0.5, 0.6) is 0 Å². The number of ether oxygens (including phenoxy) is 1. The van der Waals surface area contributed by atoms with Crippen molar-refractivity contribution in [2.24, 2.45) is 5.73 Å². The zero-order chi connectivity index (χ0) is 12.8. The number of hydrogen-bond acceptors (Lipinski definition) is 4. The average molecular weight is 305 g/mol. The molecule has 0 bridgehead atoms. The summed E-state index contributed by atoms with van der Waals surface area (Å²) in [4.78, 5) is 2.13. The van der Waals surface area contributed by atoms with E-state index in [-0.39, 0.29) is 6.04 Å². The first-order valence-electron chi connectivity index (χ1n) is 5.66. The van der Waals surface area contributed by atoms with E-state index in [1.165, 1.54) is 0 Å². The summed E-state index contributed by atoms with van der Waals surface area (Å²) in [6.45, 7) is 2.33. The third-order valence-corrected chi connectivity index (χ3v) is 3.19. The van der Waals surface area contributed by atoms with Gasteiger partial charge in [-0.05, 0) is 43.0 Å². The molecule has 0 aliphatic carbocycles. The molecule has 0 aliphatic rings. The third kappa shape index (κ3) is 4.39. The van der Waals surface area contributed by atoms with Gasteiger partial charge in [0.05, 0.1) is 29.5 Å². The van der Waals surface area contributed by atoms with Gasteiger partial charge in [-0.15, -0.1) is 0 Å². The highest BCUT2D eigenvalue weighted by Crippen LogP contribution is 2.23. The Kier molecular flexibility index (Phi) is 6.11. The molecule has 6 heteroatoms. The zero-order valence-electron chi connectivity index (χ0n) is 10.7. The van der Waals surface area contributed by atoms with Crippen LogP contribution in [-0.2, 0) is 11.3 Å². The fourth-order valence-corrected chi connectivity index (χ4v) is 2.22. The molecule has 1 aromatic rings. The van der Waals surface area contributed by atoms with Crippen molar-refractivity contribution in [2.75, 3.05) is 34.4 Å². The van der Waals surface area contributed by atoms with Crippen LogP contribution in [0.2, 0.25) is 0 Å². The van der Waals surface area contributed by atoms with Gasteiger partial charge in [0.1, 0.15) is 0 Å². The van der Waals surface area contributed by atoms with Crippen LogP contribution >= 0.6 is 15.9 Å². The van der Waals surface area contributed by atoms with Crippen molar-refractivity contribution in [2.45, 2.75) is 19.0 Å². The minimum Gasteiger partial charge on any atom is -0.383 e. The first-order chi connectivity index (χ1) is 8.06. The highest BCUT2D eigenvalue weighted by molar-refractivity contribution is 9.10. The number of methoxy groups -OCH3 is 1. The predicted molar refractivity (Wildman–Crippen MR) is 71.9 cm³/mol. The van der Waals surface area contributed by atoms with Gasteiger partial charge in [-0.2, -0.15) is 5.10 Å². The van der Waals surface area contributed by atoms with Gasteiger partial charge in [0, 0.05) is 13.2 Å². The number of halogens is 1. The van der Waals surface area contributed by atoms with Gasteiger partial charge >= 0.3 is 0 Å². The van der Waals surface area contributed by atoms with E-state index in [1.807, 2.05) is 18.8 Å². The highest BCUT2D eigenvalue weighted by Gasteiger charge is 2.16. The molecule has 1 heterocycles. The first-order valence-corrected chi connectivity index (χ1v) is 6.46. The molecule has 0 saturated carbocycles. The smallest absolute Gasteiger partial charge is 0.0694 e. The minimum atomic E-state index is -0.00821. The molecule has 1 rings (SSSR count). The van der Waals surface area contributed by atoms with Gasteiger partial charge in [-0.1, -0.05) is 0 Å². The molecule has 0 fully saturated rings. The molecule has 1 unspecified atom stereocenters. The summed E-state index contributed by atoms with van der Waals surface area (Å²) in [6, 6.07) is -0.00821. The zero-order valence-corrected chi connectivity index (χ0v) is 12.3. The lowest BCUT2D eigenvalue weighted by molar-refractivity contribution is 0.181. The molecule has 98 valence electrons. The maximum absolute atomic E-state index is 6.20. The Labute approximate surface area is 111 Å². The van der Waals surface area contributed by atoms with Crippen LogP contribution in [0.1, 0.15) is 18.2 Å². The van der Waals surface area contributed by atoms with Crippen molar-refractivity contribution in [1.29, 1.82) is 0 Å². The molecule has 17 heavy (non-hydrogen) atoms. The lowest BCUT2D eigenvalue weighted by Gasteiger charge is -2.17. The van der Waals surface area contributed by atoms with Crippen molar-refractivity contribution in [3.05, 3.63) is 16.4 Å². The van der Waals surface area contributed by atoms with Gasteiger partial charge in [-0.3, -0.25) is 4.68 Å². The van der Waals surface area contributed by atoms with E-state index in [1.54, 1.807) is 13.3 Å². The van der Waals surface area contributed by atoms with E-state index in [9.17, 15) is 0 Å². The van der Waals surface area contributed by atoms with Crippen molar-refractivity contribution in [1.82, 2.24) is 14.7 Å². The Balaban J connectivity index is 2.69. The molecule has 0 aromatic carbocycles. The van der Waals surface area contributed by atoms with Crippen LogP contribution in [0.25, 0.3) is 0 Å². The third-order valence-electron chi connectivity index (χ3n) is 2.58.